The molecule has 8 heteroatoms. The predicted molar refractivity (Wildman–Crippen MR) is 118 cm³/mol. The molecule has 1 unspecified atom stereocenters. The number of carbonyl (C=O) groups is 1. The minimum atomic E-state index is -0.237. The summed E-state index contributed by atoms with van der Waals surface area (Å²) in [5.41, 5.74) is 1.49. The van der Waals surface area contributed by atoms with Crippen LogP contribution in [0.5, 0.6) is 5.75 Å². The molecule has 1 saturated heterocycles. The number of aromatic nitrogens is 4. The Morgan fingerprint density at radius 1 is 1.12 bits per heavy atom. The van der Waals surface area contributed by atoms with Gasteiger partial charge in [-0.2, -0.15) is 0 Å². The molecule has 0 bridgehead atoms. The monoisotopic (exact) mass is 429 g/mol. The van der Waals surface area contributed by atoms with Gasteiger partial charge in [-0.15, -0.1) is 10.2 Å². The minimum absolute atomic E-state index is 0.0456. The molecule has 0 N–H and O–H groups in total. The second kappa shape index (κ2) is 8.74. The van der Waals surface area contributed by atoms with Gasteiger partial charge in [0.15, 0.2) is 0 Å². The molecule has 0 saturated carbocycles. The Bertz CT molecular complexity index is 1240. The standard InChI is InChI=1S/C24H23N5O3/c1-31-21-10-9-16(17-6-2-3-7-18(17)21)14-22(30)29-13-5-4-8-20(29)24-28-27-23(32-24)19-15-25-11-12-26-19/h2-3,6-7,9-12,15,20H,4-5,8,13-14H2,1H3. The Balaban J connectivity index is 1.41. The number of hydrogen-bond acceptors (Lipinski definition) is 7. The highest BCUT2D eigenvalue weighted by atomic mass is 16.5. The van der Waals surface area contributed by atoms with Crippen LogP contribution < -0.4 is 4.74 Å². The molecule has 1 aliphatic heterocycles. The lowest BCUT2D eigenvalue weighted by atomic mass is 9.98. The first kappa shape index (κ1) is 20.1. The van der Waals surface area contributed by atoms with Crippen molar-refractivity contribution in [3.63, 3.8) is 0 Å². The first-order valence-corrected chi connectivity index (χ1v) is 10.7. The Morgan fingerprint density at radius 2 is 2.00 bits per heavy atom. The van der Waals surface area contributed by atoms with Crippen molar-refractivity contribution >= 4 is 16.7 Å². The number of amides is 1. The maximum absolute atomic E-state index is 13.4. The summed E-state index contributed by atoms with van der Waals surface area (Å²) in [5.74, 6) is 1.60. The smallest absolute Gasteiger partial charge is 0.267 e. The quantitative estimate of drug-likeness (QED) is 0.473. The van der Waals surface area contributed by atoms with Crippen molar-refractivity contribution in [2.24, 2.45) is 0 Å². The summed E-state index contributed by atoms with van der Waals surface area (Å²) in [6.07, 6.45) is 7.79. The van der Waals surface area contributed by atoms with Crippen LogP contribution in [0.2, 0.25) is 0 Å². The van der Waals surface area contributed by atoms with Crippen LogP contribution >= 0.6 is 0 Å². The van der Waals surface area contributed by atoms with Crippen LogP contribution in [-0.4, -0.2) is 44.6 Å². The van der Waals surface area contributed by atoms with E-state index in [4.69, 9.17) is 9.15 Å². The summed E-state index contributed by atoms with van der Waals surface area (Å²) >= 11 is 0. The molecule has 4 aromatic rings. The van der Waals surface area contributed by atoms with Gasteiger partial charge in [0.1, 0.15) is 17.5 Å². The largest absolute Gasteiger partial charge is 0.496 e. The lowest BCUT2D eigenvalue weighted by Crippen LogP contribution is -2.39. The van der Waals surface area contributed by atoms with E-state index < -0.39 is 0 Å². The van der Waals surface area contributed by atoms with E-state index in [1.54, 1.807) is 25.7 Å². The van der Waals surface area contributed by atoms with Gasteiger partial charge in [0.05, 0.1) is 19.7 Å². The fraction of sp³-hybridized carbons (Fsp3) is 0.292. The number of likely N-dealkylation sites (tertiary alicyclic amines) is 1. The summed E-state index contributed by atoms with van der Waals surface area (Å²) in [7, 11) is 1.66. The zero-order valence-corrected chi connectivity index (χ0v) is 17.8. The van der Waals surface area contributed by atoms with E-state index in [-0.39, 0.29) is 11.9 Å². The van der Waals surface area contributed by atoms with Gasteiger partial charge in [-0.25, -0.2) is 4.98 Å². The van der Waals surface area contributed by atoms with Crippen molar-refractivity contribution in [3.8, 4) is 17.3 Å². The number of benzene rings is 2. The van der Waals surface area contributed by atoms with Crippen LogP contribution in [0.3, 0.4) is 0 Å². The molecule has 1 aliphatic rings. The Hall–Kier alpha value is -3.81. The van der Waals surface area contributed by atoms with Crippen LogP contribution in [-0.2, 0) is 11.2 Å². The molecule has 2 aromatic heterocycles. The normalized spacial score (nSPS) is 16.3. The highest BCUT2D eigenvalue weighted by Gasteiger charge is 2.32. The van der Waals surface area contributed by atoms with Crippen molar-refractivity contribution in [3.05, 3.63) is 66.4 Å². The number of methoxy groups -OCH3 is 1. The summed E-state index contributed by atoms with van der Waals surface area (Å²) in [4.78, 5) is 23.5. The van der Waals surface area contributed by atoms with Crippen molar-refractivity contribution < 1.29 is 13.9 Å². The number of fused-ring (bicyclic) bond motifs is 1. The van der Waals surface area contributed by atoms with Gasteiger partial charge in [-0.05, 0) is 36.3 Å². The lowest BCUT2D eigenvalue weighted by Gasteiger charge is -2.33. The van der Waals surface area contributed by atoms with Crippen molar-refractivity contribution in [1.29, 1.82) is 0 Å². The number of piperidine rings is 1. The van der Waals surface area contributed by atoms with Gasteiger partial charge in [0.2, 0.25) is 11.8 Å². The zero-order valence-electron chi connectivity index (χ0n) is 17.8. The maximum atomic E-state index is 13.4. The summed E-state index contributed by atoms with van der Waals surface area (Å²) in [5, 5.41) is 10.4. The van der Waals surface area contributed by atoms with E-state index in [9.17, 15) is 4.79 Å². The highest BCUT2D eigenvalue weighted by molar-refractivity contribution is 5.94. The molecule has 1 atom stereocenters. The lowest BCUT2D eigenvalue weighted by molar-refractivity contribution is -0.134. The summed E-state index contributed by atoms with van der Waals surface area (Å²) in [6, 6.07) is 11.6. The third-order valence-corrected chi connectivity index (χ3v) is 5.87. The minimum Gasteiger partial charge on any atom is -0.496 e. The molecule has 1 fully saturated rings. The predicted octanol–water partition coefficient (Wildman–Crippen LogP) is 3.98. The molecule has 1 amide bonds. The highest BCUT2D eigenvalue weighted by Crippen LogP contribution is 2.33. The van der Waals surface area contributed by atoms with E-state index in [2.05, 4.69) is 20.2 Å². The van der Waals surface area contributed by atoms with Crippen LogP contribution in [0.4, 0.5) is 0 Å². The molecule has 3 heterocycles. The van der Waals surface area contributed by atoms with Crippen LogP contribution in [0.15, 0.2) is 59.4 Å². The van der Waals surface area contributed by atoms with E-state index >= 15 is 0 Å². The third-order valence-electron chi connectivity index (χ3n) is 5.87. The number of ether oxygens (including phenoxy) is 1. The van der Waals surface area contributed by atoms with Crippen LogP contribution in [0.25, 0.3) is 22.4 Å². The van der Waals surface area contributed by atoms with Crippen molar-refractivity contribution in [2.75, 3.05) is 13.7 Å². The molecule has 2 aromatic carbocycles. The fourth-order valence-corrected chi connectivity index (χ4v) is 4.30. The van der Waals surface area contributed by atoms with Crippen molar-refractivity contribution in [1.82, 2.24) is 25.1 Å². The second-order valence-electron chi connectivity index (χ2n) is 7.78. The summed E-state index contributed by atoms with van der Waals surface area (Å²) < 4.78 is 11.4. The second-order valence-corrected chi connectivity index (χ2v) is 7.78. The molecule has 0 spiro atoms. The first-order valence-electron chi connectivity index (χ1n) is 10.7. The Morgan fingerprint density at radius 3 is 2.81 bits per heavy atom. The van der Waals surface area contributed by atoms with E-state index in [0.29, 0.717) is 30.4 Å². The summed E-state index contributed by atoms with van der Waals surface area (Å²) in [6.45, 7) is 0.667. The van der Waals surface area contributed by atoms with Crippen LogP contribution in [0, 0.1) is 0 Å². The SMILES string of the molecule is COc1ccc(CC(=O)N2CCCCC2c2nnc(-c3cnccn3)o2)c2ccccc12. The van der Waals surface area contributed by atoms with Gasteiger partial charge in [-0.3, -0.25) is 9.78 Å². The van der Waals surface area contributed by atoms with E-state index in [0.717, 1.165) is 41.3 Å². The van der Waals surface area contributed by atoms with Gasteiger partial charge in [0.25, 0.3) is 5.89 Å². The van der Waals surface area contributed by atoms with Crippen LogP contribution in [0.1, 0.15) is 36.8 Å². The van der Waals surface area contributed by atoms with Gasteiger partial charge in [-0.1, -0.05) is 30.3 Å². The average Bonchev–Trinajstić information content (AvgIpc) is 3.35. The van der Waals surface area contributed by atoms with E-state index in [1.165, 1.54) is 0 Å². The number of rotatable bonds is 5. The average molecular weight is 429 g/mol. The molecular formula is C24H23N5O3. The third kappa shape index (κ3) is 3.79. The number of carbonyl (C=O) groups excluding carboxylic acids is 1. The molecular weight excluding hydrogens is 406 g/mol. The van der Waals surface area contributed by atoms with E-state index in [1.807, 2.05) is 41.3 Å². The topological polar surface area (TPSA) is 94.2 Å². The van der Waals surface area contributed by atoms with Gasteiger partial charge in [0, 0.05) is 24.3 Å². The Labute approximate surface area is 185 Å². The number of hydrogen-bond donors (Lipinski definition) is 0. The fourth-order valence-electron chi connectivity index (χ4n) is 4.30. The molecule has 162 valence electrons. The Kier molecular flexibility index (Phi) is 5.49. The molecule has 8 nitrogen and oxygen atoms in total. The van der Waals surface area contributed by atoms with Gasteiger partial charge < -0.3 is 14.1 Å². The maximum Gasteiger partial charge on any atom is 0.267 e. The molecule has 0 aliphatic carbocycles. The first-order chi connectivity index (χ1) is 15.7. The zero-order chi connectivity index (χ0) is 21.9. The van der Waals surface area contributed by atoms with Crippen molar-refractivity contribution in [2.45, 2.75) is 31.7 Å². The molecule has 32 heavy (non-hydrogen) atoms. The molecule has 5 rings (SSSR count). The van der Waals surface area contributed by atoms with Gasteiger partial charge >= 0.3 is 0 Å². The molecule has 0 radical (unpaired) electrons. The number of nitrogens with zero attached hydrogens (tertiary/aromatic N) is 5.